The third-order valence-electron chi connectivity index (χ3n) is 4.28. The Kier molecular flexibility index (Phi) is 5.57. The lowest BCUT2D eigenvalue weighted by Gasteiger charge is -2.25. The van der Waals surface area contributed by atoms with Crippen LogP contribution in [0.4, 0.5) is 5.69 Å². The average Bonchev–Trinajstić information content (AvgIpc) is 2.61. The molecule has 0 aliphatic heterocycles. The van der Waals surface area contributed by atoms with Gasteiger partial charge in [0.05, 0.1) is 32.4 Å². The van der Waals surface area contributed by atoms with Crippen LogP contribution in [0.25, 0.3) is 0 Å². The molecule has 1 N–H and O–H groups in total. The highest BCUT2D eigenvalue weighted by molar-refractivity contribution is 5.99. The van der Waals surface area contributed by atoms with Crippen LogP contribution in [0.5, 0.6) is 17.2 Å². The van der Waals surface area contributed by atoms with Gasteiger partial charge >= 0.3 is 0 Å². The molecule has 0 unspecified atom stereocenters. The van der Waals surface area contributed by atoms with E-state index in [-0.39, 0.29) is 5.91 Å². The fourth-order valence-electron chi connectivity index (χ4n) is 2.55. The molecule has 0 radical (unpaired) electrons. The number of benzene rings is 2. The molecule has 0 bridgehead atoms. The van der Waals surface area contributed by atoms with E-state index in [2.05, 4.69) is 5.32 Å². The normalized spacial score (nSPS) is 11.0. The quantitative estimate of drug-likeness (QED) is 0.863. The summed E-state index contributed by atoms with van der Waals surface area (Å²) < 4.78 is 15.9. The maximum atomic E-state index is 12.9. The second-order valence-electron chi connectivity index (χ2n) is 6.35. The topological polar surface area (TPSA) is 56.8 Å². The van der Waals surface area contributed by atoms with E-state index in [1.807, 2.05) is 51.1 Å². The standard InChI is InChI=1S/C20H25NO4/c1-13-7-9-16(23-4)15(11-13)21-19(22)20(2,3)14-8-10-17(24-5)18(12-14)25-6/h7-12H,1-6H3,(H,21,22). The van der Waals surface area contributed by atoms with E-state index in [9.17, 15) is 4.79 Å². The number of hydrogen-bond donors (Lipinski definition) is 1. The van der Waals surface area contributed by atoms with Crippen molar-refractivity contribution in [1.82, 2.24) is 0 Å². The molecule has 134 valence electrons. The number of rotatable bonds is 6. The van der Waals surface area contributed by atoms with Crippen molar-refractivity contribution in [3.8, 4) is 17.2 Å². The summed E-state index contributed by atoms with van der Waals surface area (Å²) in [5.41, 5.74) is 1.75. The Morgan fingerprint density at radius 1 is 0.880 bits per heavy atom. The van der Waals surface area contributed by atoms with E-state index in [0.29, 0.717) is 22.9 Å². The summed E-state index contributed by atoms with van der Waals surface area (Å²) in [5.74, 6) is 1.71. The fourth-order valence-corrected chi connectivity index (χ4v) is 2.55. The van der Waals surface area contributed by atoms with Crippen molar-refractivity contribution >= 4 is 11.6 Å². The number of carbonyl (C=O) groups excluding carboxylic acids is 1. The molecule has 0 fully saturated rings. The smallest absolute Gasteiger partial charge is 0.234 e. The Morgan fingerprint density at radius 2 is 1.48 bits per heavy atom. The molecule has 1 amide bonds. The van der Waals surface area contributed by atoms with Crippen molar-refractivity contribution in [3.63, 3.8) is 0 Å². The lowest BCUT2D eigenvalue weighted by molar-refractivity contribution is -0.120. The van der Waals surface area contributed by atoms with Crippen LogP contribution in [0.1, 0.15) is 25.0 Å². The SMILES string of the molecule is COc1ccc(C)cc1NC(=O)C(C)(C)c1ccc(OC)c(OC)c1. The van der Waals surface area contributed by atoms with Crippen LogP contribution in [0.2, 0.25) is 0 Å². The number of ether oxygens (including phenoxy) is 3. The van der Waals surface area contributed by atoms with Gasteiger partial charge in [-0.15, -0.1) is 0 Å². The highest BCUT2D eigenvalue weighted by Gasteiger charge is 2.31. The van der Waals surface area contributed by atoms with Gasteiger partial charge in [-0.25, -0.2) is 0 Å². The molecule has 0 heterocycles. The predicted molar refractivity (Wildman–Crippen MR) is 98.9 cm³/mol. The summed E-state index contributed by atoms with van der Waals surface area (Å²) in [5, 5.41) is 2.97. The summed E-state index contributed by atoms with van der Waals surface area (Å²) in [4.78, 5) is 12.9. The predicted octanol–water partition coefficient (Wildman–Crippen LogP) is 3.94. The maximum Gasteiger partial charge on any atom is 0.234 e. The van der Waals surface area contributed by atoms with Crippen LogP contribution in [0.15, 0.2) is 36.4 Å². The molecule has 2 rings (SSSR count). The highest BCUT2D eigenvalue weighted by atomic mass is 16.5. The molecule has 5 nitrogen and oxygen atoms in total. The lowest BCUT2D eigenvalue weighted by Crippen LogP contribution is -2.34. The average molecular weight is 343 g/mol. The van der Waals surface area contributed by atoms with Gasteiger partial charge in [0, 0.05) is 0 Å². The maximum absolute atomic E-state index is 12.9. The van der Waals surface area contributed by atoms with Crippen molar-refractivity contribution < 1.29 is 19.0 Å². The monoisotopic (exact) mass is 343 g/mol. The first kappa shape index (κ1) is 18.6. The summed E-state index contributed by atoms with van der Waals surface area (Å²) in [6.45, 7) is 5.70. The van der Waals surface area contributed by atoms with Gasteiger partial charge in [0.2, 0.25) is 5.91 Å². The van der Waals surface area contributed by atoms with Gasteiger partial charge in [-0.1, -0.05) is 12.1 Å². The summed E-state index contributed by atoms with van der Waals surface area (Å²) in [7, 11) is 4.74. The summed E-state index contributed by atoms with van der Waals surface area (Å²) in [6, 6.07) is 11.2. The number of carbonyl (C=O) groups is 1. The minimum Gasteiger partial charge on any atom is -0.495 e. The molecule has 0 aromatic heterocycles. The van der Waals surface area contributed by atoms with E-state index in [4.69, 9.17) is 14.2 Å². The first-order valence-electron chi connectivity index (χ1n) is 8.02. The van der Waals surface area contributed by atoms with E-state index in [1.165, 1.54) is 0 Å². The van der Waals surface area contributed by atoms with Gasteiger partial charge in [0.25, 0.3) is 0 Å². The number of methoxy groups -OCH3 is 3. The lowest BCUT2D eigenvalue weighted by atomic mass is 9.83. The van der Waals surface area contributed by atoms with Crippen molar-refractivity contribution in [1.29, 1.82) is 0 Å². The number of anilines is 1. The van der Waals surface area contributed by atoms with Gasteiger partial charge in [0.1, 0.15) is 5.75 Å². The molecule has 0 aliphatic rings. The third kappa shape index (κ3) is 3.87. The molecule has 0 atom stereocenters. The van der Waals surface area contributed by atoms with Crippen molar-refractivity contribution in [3.05, 3.63) is 47.5 Å². The van der Waals surface area contributed by atoms with E-state index < -0.39 is 5.41 Å². The fraction of sp³-hybridized carbons (Fsp3) is 0.350. The highest BCUT2D eigenvalue weighted by Crippen LogP contribution is 2.34. The van der Waals surface area contributed by atoms with Gasteiger partial charge in [-0.05, 0) is 56.2 Å². The molecule has 5 heteroatoms. The number of amides is 1. The molecule has 0 saturated heterocycles. The zero-order chi connectivity index (χ0) is 18.6. The number of hydrogen-bond acceptors (Lipinski definition) is 4. The number of nitrogens with one attached hydrogen (secondary N) is 1. The Bertz CT molecular complexity index is 768. The first-order valence-corrected chi connectivity index (χ1v) is 8.02. The van der Waals surface area contributed by atoms with Crippen molar-refractivity contribution in [2.24, 2.45) is 0 Å². The Labute approximate surface area is 148 Å². The zero-order valence-electron chi connectivity index (χ0n) is 15.6. The van der Waals surface area contributed by atoms with Gasteiger partial charge in [-0.3, -0.25) is 4.79 Å². The molecule has 25 heavy (non-hydrogen) atoms. The van der Waals surface area contributed by atoms with E-state index in [0.717, 1.165) is 11.1 Å². The molecule has 2 aromatic rings. The van der Waals surface area contributed by atoms with Crippen LogP contribution in [0, 0.1) is 6.92 Å². The molecular weight excluding hydrogens is 318 g/mol. The minimum absolute atomic E-state index is 0.136. The zero-order valence-corrected chi connectivity index (χ0v) is 15.6. The van der Waals surface area contributed by atoms with Crippen LogP contribution < -0.4 is 19.5 Å². The summed E-state index contributed by atoms with van der Waals surface area (Å²) >= 11 is 0. The van der Waals surface area contributed by atoms with Crippen LogP contribution in [-0.4, -0.2) is 27.2 Å². The van der Waals surface area contributed by atoms with Crippen LogP contribution >= 0.6 is 0 Å². The molecule has 0 spiro atoms. The van der Waals surface area contributed by atoms with Gasteiger partial charge < -0.3 is 19.5 Å². The summed E-state index contributed by atoms with van der Waals surface area (Å²) in [6.07, 6.45) is 0. The molecule has 0 saturated carbocycles. The molecule has 2 aromatic carbocycles. The third-order valence-corrected chi connectivity index (χ3v) is 4.28. The Balaban J connectivity index is 2.33. The van der Waals surface area contributed by atoms with Crippen LogP contribution in [0.3, 0.4) is 0 Å². The minimum atomic E-state index is -0.770. The second kappa shape index (κ2) is 7.47. The second-order valence-corrected chi connectivity index (χ2v) is 6.35. The Hall–Kier alpha value is -2.69. The van der Waals surface area contributed by atoms with Crippen LogP contribution in [-0.2, 0) is 10.2 Å². The van der Waals surface area contributed by atoms with Crippen molar-refractivity contribution in [2.75, 3.05) is 26.6 Å². The van der Waals surface area contributed by atoms with E-state index >= 15 is 0 Å². The molecule has 0 aliphatic carbocycles. The van der Waals surface area contributed by atoms with Gasteiger partial charge in [-0.2, -0.15) is 0 Å². The van der Waals surface area contributed by atoms with Gasteiger partial charge in [0.15, 0.2) is 11.5 Å². The largest absolute Gasteiger partial charge is 0.495 e. The Morgan fingerprint density at radius 3 is 2.08 bits per heavy atom. The number of aryl methyl sites for hydroxylation is 1. The van der Waals surface area contributed by atoms with Crippen molar-refractivity contribution in [2.45, 2.75) is 26.2 Å². The molecular formula is C20H25NO4. The van der Waals surface area contributed by atoms with E-state index in [1.54, 1.807) is 27.4 Å². The first-order chi connectivity index (χ1) is 11.8.